The van der Waals surface area contributed by atoms with Gasteiger partial charge in [0, 0.05) is 12.6 Å². The zero-order valence-electron chi connectivity index (χ0n) is 15.1. The van der Waals surface area contributed by atoms with Crippen LogP contribution in [0.4, 0.5) is 0 Å². The zero-order valence-corrected chi connectivity index (χ0v) is 15.1. The Balaban J connectivity index is 1.42. The van der Waals surface area contributed by atoms with Crippen LogP contribution in [0, 0.1) is 0 Å². The van der Waals surface area contributed by atoms with Crippen LogP contribution in [0.3, 0.4) is 0 Å². The maximum atomic E-state index is 5.86. The number of nitrogens with zero attached hydrogens (tertiary/aromatic N) is 4. The highest BCUT2D eigenvalue weighted by atomic mass is 16.5. The number of likely N-dealkylation sites (tertiary alicyclic amines) is 1. The van der Waals surface area contributed by atoms with Crippen LogP contribution in [0.5, 0.6) is 5.75 Å². The standard InChI is InChI=1S/C21H24N4O/c1-24-21(22-20(23-24)15-25-13-5-6-14-25)18-9-11-19(12-10-18)26-16-17-7-3-2-4-8-17/h2-4,7-12H,5-6,13-16H2,1H3. The van der Waals surface area contributed by atoms with E-state index in [4.69, 9.17) is 9.72 Å². The second-order valence-electron chi connectivity index (χ2n) is 6.76. The van der Waals surface area contributed by atoms with Gasteiger partial charge in [0.15, 0.2) is 11.6 Å². The number of aryl methyl sites for hydroxylation is 1. The van der Waals surface area contributed by atoms with Gasteiger partial charge in [-0.05, 0) is 55.8 Å². The smallest absolute Gasteiger partial charge is 0.165 e. The van der Waals surface area contributed by atoms with Crippen molar-refractivity contribution in [3.05, 3.63) is 66.0 Å². The topological polar surface area (TPSA) is 43.2 Å². The van der Waals surface area contributed by atoms with E-state index in [1.54, 1.807) is 0 Å². The van der Waals surface area contributed by atoms with Crippen LogP contribution in [0.2, 0.25) is 0 Å². The normalized spacial score (nSPS) is 14.7. The van der Waals surface area contributed by atoms with Crippen molar-refractivity contribution in [2.24, 2.45) is 7.05 Å². The molecule has 0 saturated carbocycles. The maximum absolute atomic E-state index is 5.86. The summed E-state index contributed by atoms with van der Waals surface area (Å²) >= 11 is 0. The average molecular weight is 348 g/mol. The van der Waals surface area contributed by atoms with Crippen molar-refractivity contribution in [2.45, 2.75) is 26.0 Å². The maximum Gasteiger partial charge on any atom is 0.165 e. The highest BCUT2D eigenvalue weighted by Crippen LogP contribution is 2.22. The van der Waals surface area contributed by atoms with Gasteiger partial charge in [-0.2, -0.15) is 5.10 Å². The fraction of sp³-hybridized carbons (Fsp3) is 0.333. The average Bonchev–Trinajstić information content (AvgIpc) is 3.31. The van der Waals surface area contributed by atoms with Gasteiger partial charge in [-0.1, -0.05) is 30.3 Å². The molecule has 3 aromatic rings. The number of ether oxygens (including phenoxy) is 1. The largest absolute Gasteiger partial charge is 0.489 e. The highest BCUT2D eigenvalue weighted by molar-refractivity contribution is 5.56. The molecule has 2 heterocycles. The third kappa shape index (κ3) is 3.94. The molecular formula is C21H24N4O. The lowest BCUT2D eigenvalue weighted by molar-refractivity contribution is 0.306. The minimum Gasteiger partial charge on any atom is -0.489 e. The van der Waals surface area contributed by atoms with Crippen molar-refractivity contribution in [2.75, 3.05) is 13.1 Å². The van der Waals surface area contributed by atoms with E-state index in [1.807, 2.05) is 54.2 Å². The monoisotopic (exact) mass is 348 g/mol. The lowest BCUT2D eigenvalue weighted by atomic mass is 10.2. The molecular weight excluding hydrogens is 324 g/mol. The minimum atomic E-state index is 0.574. The van der Waals surface area contributed by atoms with Crippen LogP contribution in [-0.2, 0) is 20.2 Å². The molecule has 5 heteroatoms. The number of benzene rings is 2. The molecule has 1 aromatic heterocycles. The molecule has 0 aliphatic carbocycles. The Labute approximate surface area is 154 Å². The van der Waals surface area contributed by atoms with E-state index in [1.165, 1.54) is 12.8 Å². The zero-order chi connectivity index (χ0) is 17.8. The Morgan fingerprint density at radius 2 is 1.69 bits per heavy atom. The van der Waals surface area contributed by atoms with Crippen LogP contribution in [-0.4, -0.2) is 32.8 Å². The van der Waals surface area contributed by atoms with Gasteiger partial charge >= 0.3 is 0 Å². The number of rotatable bonds is 6. The summed E-state index contributed by atoms with van der Waals surface area (Å²) in [4.78, 5) is 7.15. The van der Waals surface area contributed by atoms with Crippen LogP contribution < -0.4 is 4.74 Å². The van der Waals surface area contributed by atoms with Crippen LogP contribution in [0.1, 0.15) is 24.2 Å². The van der Waals surface area contributed by atoms with Crippen LogP contribution >= 0.6 is 0 Å². The van der Waals surface area contributed by atoms with Crippen molar-refractivity contribution in [1.29, 1.82) is 0 Å². The van der Waals surface area contributed by atoms with E-state index in [0.717, 1.165) is 48.2 Å². The van der Waals surface area contributed by atoms with Crippen molar-refractivity contribution in [1.82, 2.24) is 19.7 Å². The summed E-state index contributed by atoms with van der Waals surface area (Å²) in [5.41, 5.74) is 2.22. The Bertz CT molecular complexity index is 836. The number of hydrogen-bond acceptors (Lipinski definition) is 4. The summed E-state index contributed by atoms with van der Waals surface area (Å²) in [6.45, 7) is 3.72. The van der Waals surface area contributed by atoms with Gasteiger partial charge in [0.25, 0.3) is 0 Å². The Hall–Kier alpha value is -2.66. The van der Waals surface area contributed by atoms with Gasteiger partial charge in [-0.15, -0.1) is 0 Å². The van der Waals surface area contributed by atoms with Gasteiger partial charge in [0.05, 0.1) is 6.54 Å². The molecule has 0 N–H and O–H groups in total. The molecule has 0 radical (unpaired) electrons. The first-order valence-electron chi connectivity index (χ1n) is 9.17. The van der Waals surface area contributed by atoms with E-state index in [-0.39, 0.29) is 0 Å². The molecule has 0 spiro atoms. The Morgan fingerprint density at radius 3 is 2.42 bits per heavy atom. The van der Waals surface area contributed by atoms with Crippen molar-refractivity contribution >= 4 is 0 Å². The van der Waals surface area contributed by atoms with E-state index < -0.39 is 0 Å². The lowest BCUT2D eigenvalue weighted by Gasteiger charge is -2.10. The van der Waals surface area contributed by atoms with E-state index >= 15 is 0 Å². The SMILES string of the molecule is Cn1nc(CN2CCCC2)nc1-c1ccc(OCc2ccccc2)cc1. The molecule has 1 saturated heterocycles. The summed E-state index contributed by atoms with van der Waals surface area (Å²) in [6, 6.07) is 18.3. The summed E-state index contributed by atoms with van der Waals surface area (Å²) in [6.07, 6.45) is 2.56. The predicted octanol–water partition coefficient (Wildman–Crippen LogP) is 3.66. The first-order valence-corrected chi connectivity index (χ1v) is 9.17. The number of hydrogen-bond donors (Lipinski definition) is 0. The summed E-state index contributed by atoms with van der Waals surface area (Å²) < 4.78 is 7.72. The second kappa shape index (κ2) is 7.70. The van der Waals surface area contributed by atoms with Gasteiger partial charge in [0.1, 0.15) is 12.4 Å². The van der Waals surface area contributed by atoms with Crippen molar-refractivity contribution in [3.8, 4) is 17.1 Å². The fourth-order valence-electron chi connectivity index (χ4n) is 3.34. The molecule has 2 aromatic carbocycles. The molecule has 4 rings (SSSR count). The van der Waals surface area contributed by atoms with Crippen molar-refractivity contribution < 1.29 is 4.74 Å². The highest BCUT2D eigenvalue weighted by Gasteiger charge is 2.16. The van der Waals surface area contributed by atoms with Gasteiger partial charge in [0.2, 0.25) is 0 Å². The molecule has 0 atom stereocenters. The molecule has 0 bridgehead atoms. The first kappa shape index (κ1) is 16.8. The quantitative estimate of drug-likeness (QED) is 0.682. The third-order valence-corrected chi connectivity index (χ3v) is 4.73. The molecule has 0 amide bonds. The minimum absolute atomic E-state index is 0.574. The van der Waals surface area contributed by atoms with Crippen LogP contribution in [0.25, 0.3) is 11.4 Å². The molecule has 0 unspecified atom stereocenters. The molecule has 1 aliphatic rings. The van der Waals surface area contributed by atoms with E-state index in [0.29, 0.717) is 6.61 Å². The fourth-order valence-corrected chi connectivity index (χ4v) is 3.34. The molecule has 1 fully saturated rings. The molecule has 5 nitrogen and oxygen atoms in total. The lowest BCUT2D eigenvalue weighted by Crippen LogP contribution is -2.19. The molecule has 134 valence electrons. The van der Waals surface area contributed by atoms with E-state index in [2.05, 4.69) is 22.1 Å². The summed E-state index contributed by atoms with van der Waals surface area (Å²) in [7, 11) is 1.95. The van der Waals surface area contributed by atoms with Gasteiger partial charge in [-0.25, -0.2) is 9.67 Å². The summed E-state index contributed by atoms with van der Waals surface area (Å²) in [5.74, 6) is 2.65. The van der Waals surface area contributed by atoms with E-state index in [9.17, 15) is 0 Å². The van der Waals surface area contributed by atoms with Gasteiger partial charge < -0.3 is 4.74 Å². The Morgan fingerprint density at radius 1 is 0.962 bits per heavy atom. The molecule has 26 heavy (non-hydrogen) atoms. The summed E-state index contributed by atoms with van der Waals surface area (Å²) in [5, 5.41) is 4.58. The molecule has 1 aliphatic heterocycles. The van der Waals surface area contributed by atoms with Crippen molar-refractivity contribution in [3.63, 3.8) is 0 Å². The first-order chi connectivity index (χ1) is 12.8. The number of aromatic nitrogens is 3. The van der Waals surface area contributed by atoms with Gasteiger partial charge in [-0.3, -0.25) is 4.90 Å². The Kier molecular flexibility index (Phi) is 4.97. The second-order valence-corrected chi connectivity index (χ2v) is 6.76. The third-order valence-electron chi connectivity index (χ3n) is 4.73. The van der Waals surface area contributed by atoms with Crippen LogP contribution in [0.15, 0.2) is 54.6 Å². The predicted molar refractivity (Wildman–Crippen MR) is 102 cm³/mol.